The molecule has 3 heterocycles. The quantitative estimate of drug-likeness (QED) is 0.561. The first-order valence-electron chi connectivity index (χ1n) is 8.54. The highest BCUT2D eigenvalue weighted by atomic mass is 35.5. The van der Waals surface area contributed by atoms with Gasteiger partial charge in [0.15, 0.2) is 5.82 Å². The first kappa shape index (κ1) is 19.6. The molecule has 3 aromatic rings. The van der Waals surface area contributed by atoms with E-state index >= 15 is 0 Å². The van der Waals surface area contributed by atoms with Crippen molar-refractivity contribution in [1.29, 1.82) is 0 Å². The SMILES string of the molecule is NC(=O)C1CC(F)CN1S(=O)(=O)c1ccc(-c2ccc3[nH]nc(N)c3n2)c(Cl)c1. The van der Waals surface area contributed by atoms with Gasteiger partial charge in [0.25, 0.3) is 0 Å². The molecule has 9 nitrogen and oxygen atoms in total. The molecule has 152 valence electrons. The number of fused-ring (bicyclic) bond motifs is 1. The van der Waals surface area contributed by atoms with Crippen molar-refractivity contribution in [1.82, 2.24) is 19.5 Å². The number of primary amides is 1. The molecule has 1 aromatic carbocycles. The number of nitrogens with one attached hydrogen (secondary N) is 1. The van der Waals surface area contributed by atoms with Crippen LogP contribution in [0.4, 0.5) is 10.2 Å². The summed E-state index contributed by atoms with van der Waals surface area (Å²) in [5.74, 6) is -0.670. The Morgan fingerprint density at radius 2 is 2.07 bits per heavy atom. The monoisotopic (exact) mass is 438 g/mol. The molecule has 4 rings (SSSR count). The van der Waals surface area contributed by atoms with Gasteiger partial charge in [-0.25, -0.2) is 17.8 Å². The summed E-state index contributed by atoms with van der Waals surface area (Å²) in [5.41, 5.74) is 13.1. The van der Waals surface area contributed by atoms with Gasteiger partial charge in [0.05, 0.1) is 21.1 Å². The number of nitrogens with zero attached hydrogens (tertiary/aromatic N) is 3. The lowest BCUT2D eigenvalue weighted by atomic mass is 10.1. The number of H-pyrrole nitrogens is 1. The fraction of sp³-hybridized carbons (Fsp3) is 0.235. The van der Waals surface area contributed by atoms with Gasteiger partial charge in [-0.15, -0.1) is 0 Å². The van der Waals surface area contributed by atoms with Crippen LogP contribution in [0.3, 0.4) is 0 Å². The van der Waals surface area contributed by atoms with E-state index in [1.807, 2.05) is 0 Å². The molecule has 0 radical (unpaired) electrons. The number of carbonyl (C=O) groups is 1. The summed E-state index contributed by atoms with van der Waals surface area (Å²) in [4.78, 5) is 15.8. The summed E-state index contributed by atoms with van der Waals surface area (Å²) in [5, 5.41) is 6.73. The molecule has 1 aliphatic rings. The number of benzene rings is 1. The molecule has 1 fully saturated rings. The normalized spacial score (nSPS) is 20.3. The molecule has 29 heavy (non-hydrogen) atoms. The van der Waals surface area contributed by atoms with Crippen LogP contribution < -0.4 is 11.5 Å². The van der Waals surface area contributed by atoms with Crippen LogP contribution in [0.15, 0.2) is 35.2 Å². The average molecular weight is 439 g/mol. The van der Waals surface area contributed by atoms with Crippen LogP contribution in [0.5, 0.6) is 0 Å². The van der Waals surface area contributed by atoms with Crippen molar-refractivity contribution in [2.24, 2.45) is 5.73 Å². The predicted molar refractivity (Wildman–Crippen MR) is 105 cm³/mol. The third-order valence-electron chi connectivity index (χ3n) is 4.79. The number of aromatic nitrogens is 3. The fourth-order valence-electron chi connectivity index (χ4n) is 3.35. The van der Waals surface area contributed by atoms with Crippen molar-refractivity contribution in [2.45, 2.75) is 23.5 Å². The molecule has 0 saturated carbocycles. The van der Waals surface area contributed by atoms with Crippen molar-refractivity contribution in [2.75, 3.05) is 12.3 Å². The second kappa shape index (κ2) is 6.94. The van der Waals surface area contributed by atoms with Crippen molar-refractivity contribution >= 4 is 44.4 Å². The summed E-state index contributed by atoms with van der Waals surface area (Å²) in [6.07, 6.45) is -1.73. The van der Waals surface area contributed by atoms with Crippen LogP contribution in [0.2, 0.25) is 5.02 Å². The lowest BCUT2D eigenvalue weighted by Crippen LogP contribution is -2.43. The number of rotatable bonds is 4. The fourth-order valence-corrected chi connectivity index (χ4v) is 5.35. The smallest absolute Gasteiger partial charge is 0.243 e. The highest BCUT2D eigenvalue weighted by molar-refractivity contribution is 7.89. The largest absolute Gasteiger partial charge is 0.380 e. The Hall–Kier alpha value is -2.76. The van der Waals surface area contributed by atoms with E-state index in [4.69, 9.17) is 23.1 Å². The number of anilines is 1. The Morgan fingerprint density at radius 1 is 1.31 bits per heavy atom. The maximum Gasteiger partial charge on any atom is 0.243 e. The highest BCUT2D eigenvalue weighted by Crippen LogP contribution is 2.33. The molecule has 2 unspecified atom stereocenters. The lowest BCUT2D eigenvalue weighted by molar-refractivity contribution is -0.121. The third-order valence-corrected chi connectivity index (χ3v) is 6.97. The van der Waals surface area contributed by atoms with Crippen molar-refractivity contribution in [3.63, 3.8) is 0 Å². The zero-order valence-electron chi connectivity index (χ0n) is 14.8. The number of pyridine rings is 1. The molecular formula is C17H16ClFN6O3S. The molecule has 5 N–H and O–H groups in total. The molecule has 1 aliphatic heterocycles. The van der Waals surface area contributed by atoms with Crippen molar-refractivity contribution < 1.29 is 17.6 Å². The van der Waals surface area contributed by atoms with Crippen molar-refractivity contribution in [3.05, 3.63) is 35.4 Å². The average Bonchev–Trinajstić information content (AvgIpc) is 3.25. The third kappa shape index (κ3) is 3.30. The van der Waals surface area contributed by atoms with Crippen LogP contribution in [-0.2, 0) is 14.8 Å². The van der Waals surface area contributed by atoms with Crippen LogP contribution >= 0.6 is 11.6 Å². The second-order valence-electron chi connectivity index (χ2n) is 6.67. The maximum absolute atomic E-state index is 13.8. The van der Waals surface area contributed by atoms with E-state index in [1.54, 1.807) is 12.1 Å². The maximum atomic E-state index is 13.8. The zero-order valence-corrected chi connectivity index (χ0v) is 16.4. The van der Waals surface area contributed by atoms with Gasteiger partial charge in [0, 0.05) is 18.5 Å². The van der Waals surface area contributed by atoms with Crippen LogP contribution in [0, 0.1) is 0 Å². The highest BCUT2D eigenvalue weighted by Gasteiger charge is 2.43. The molecule has 0 bridgehead atoms. The molecule has 0 aliphatic carbocycles. The van der Waals surface area contributed by atoms with Gasteiger partial charge < -0.3 is 11.5 Å². The number of alkyl halides is 1. The number of hydrogen-bond acceptors (Lipinski definition) is 6. The molecule has 0 spiro atoms. The van der Waals surface area contributed by atoms with Gasteiger partial charge in [-0.2, -0.15) is 9.40 Å². The van der Waals surface area contributed by atoms with Gasteiger partial charge in [-0.1, -0.05) is 11.6 Å². The summed E-state index contributed by atoms with van der Waals surface area (Å²) in [6.45, 7) is -0.437. The number of nitrogens with two attached hydrogens (primary N) is 2. The van der Waals surface area contributed by atoms with Crippen molar-refractivity contribution in [3.8, 4) is 11.3 Å². The Kier molecular flexibility index (Phi) is 4.68. The van der Waals surface area contributed by atoms with Crippen LogP contribution in [-0.4, -0.2) is 52.6 Å². The van der Waals surface area contributed by atoms with Gasteiger partial charge in [0.2, 0.25) is 15.9 Å². The second-order valence-corrected chi connectivity index (χ2v) is 8.97. The molecule has 1 amide bonds. The van der Waals surface area contributed by atoms with E-state index in [1.165, 1.54) is 18.2 Å². The van der Waals surface area contributed by atoms with E-state index in [9.17, 15) is 17.6 Å². The van der Waals surface area contributed by atoms with Gasteiger partial charge in [0.1, 0.15) is 17.7 Å². The minimum absolute atomic E-state index is 0.117. The van der Waals surface area contributed by atoms with E-state index in [2.05, 4.69) is 15.2 Å². The predicted octanol–water partition coefficient (Wildman–Crippen LogP) is 1.45. The van der Waals surface area contributed by atoms with E-state index < -0.39 is 34.7 Å². The Morgan fingerprint density at radius 3 is 2.76 bits per heavy atom. The number of hydrogen-bond donors (Lipinski definition) is 3. The summed E-state index contributed by atoms with van der Waals surface area (Å²) >= 11 is 6.33. The zero-order chi connectivity index (χ0) is 20.9. The number of amides is 1. The molecule has 2 aromatic heterocycles. The number of halogens is 2. The lowest BCUT2D eigenvalue weighted by Gasteiger charge is -2.21. The Balaban J connectivity index is 1.72. The van der Waals surface area contributed by atoms with E-state index in [0.29, 0.717) is 22.3 Å². The number of aromatic amines is 1. The standard InChI is InChI=1S/C17H16ClFN6O3S/c18-11-6-9(29(27,28)25-7-8(19)5-14(25)17(21)26)1-2-10(11)12-3-4-13-15(22-12)16(20)24-23-13/h1-4,6,8,14H,5,7H2,(H2,21,26)(H3,20,23,24). The van der Waals surface area contributed by atoms with Crippen LogP contribution in [0.25, 0.3) is 22.3 Å². The minimum atomic E-state index is -4.17. The Labute approximate surface area is 169 Å². The number of sulfonamides is 1. The summed E-state index contributed by atoms with van der Waals surface area (Å²) < 4.78 is 40.4. The summed E-state index contributed by atoms with van der Waals surface area (Å²) in [6, 6.07) is 6.23. The minimum Gasteiger partial charge on any atom is -0.380 e. The number of nitrogen functional groups attached to an aromatic ring is 1. The molecular weight excluding hydrogens is 423 g/mol. The molecule has 2 atom stereocenters. The van der Waals surface area contributed by atoms with Gasteiger partial charge >= 0.3 is 0 Å². The van der Waals surface area contributed by atoms with E-state index in [-0.39, 0.29) is 22.2 Å². The van der Waals surface area contributed by atoms with Gasteiger partial charge in [-0.05, 0) is 30.3 Å². The molecule has 12 heteroatoms. The van der Waals surface area contributed by atoms with Gasteiger partial charge in [-0.3, -0.25) is 9.89 Å². The number of carbonyl (C=O) groups excluding carboxylic acids is 1. The van der Waals surface area contributed by atoms with Crippen LogP contribution in [0.1, 0.15) is 6.42 Å². The summed E-state index contributed by atoms with van der Waals surface area (Å²) in [7, 11) is -4.17. The van der Waals surface area contributed by atoms with E-state index in [0.717, 1.165) is 4.31 Å². The molecule has 1 saturated heterocycles. The Bertz CT molecular complexity index is 1230. The topological polar surface area (TPSA) is 148 Å². The first-order valence-corrected chi connectivity index (χ1v) is 10.4. The first-order chi connectivity index (χ1) is 13.7.